The van der Waals surface area contributed by atoms with Crippen molar-refractivity contribution < 1.29 is 14.3 Å². The molecule has 0 aromatic carbocycles. The van der Waals surface area contributed by atoms with Gasteiger partial charge in [0.05, 0.1) is 12.6 Å². The number of aromatic nitrogens is 2. The van der Waals surface area contributed by atoms with Gasteiger partial charge in [-0.25, -0.2) is 9.97 Å². The molecule has 4 rings (SSSR count). The van der Waals surface area contributed by atoms with Gasteiger partial charge < -0.3 is 19.9 Å². The van der Waals surface area contributed by atoms with Crippen LogP contribution in [0.2, 0.25) is 0 Å². The molecule has 0 saturated carbocycles. The molecule has 0 aliphatic carbocycles. The van der Waals surface area contributed by atoms with Crippen molar-refractivity contribution in [3.63, 3.8) is 0 Å². The summed E-state index contributed by atoms with van der Waals surface area (Å²) in [4.78, 5) is 38.4. The maximum absolute atomic E-state index is 12.8. The Labute approximate surface area is 184 Å². The molecular formula is C23H35N5O3. The van der Waals surface area contributed by atoms with Crippen molar-refractivity contribution in [2.24, 2.45) is 5.92 Å². The van der Waals surface area contributed by atoms with Gasteiger partial charge in [0, 0.05) is 51.0 Å². The van der Waals surface area contributed by atoms with E-state index in [0.717, 1.165) is 88.6 Å². The molecule has 0 spiro atoms. The summed E-state index contributed by atoms with van der Waals surface area (Å²) < 4.78 is 5.54. The molecule has 1 aromatic rings. The Balaban J connectivity index is 1.57. The zero-order chi connectivity index (χ0) is 21.8. The van der Waals surface area contributed by atoms with Gasteiger partial charge in [0.2, 0.25) is 11.8 Å². The Morgan fingerprint density at radius 2 is 1.90 bits per heavy atom. The Bertz CT molecular complexity index is 809. The molecule has 0 bridgehead atoms. The first kappa shape index (κ1) is 22.0. The molecule has 1 aromatic heterocycles. The van der Waals surface area contributed by atoms with Crippen LogP contribution in [-0.4, -0.2) is 66.1 Å². The number of amides is 2. The van der Waals surface area contributed by atoms with Crippen LogP contribution in [0.5, 0.6) is 0 Å². The number of nitrogens with zero attached hydrogens (tertiary/aromatic N) is 4. The van der Waals surface area contributed by atoms with Crippen LogP contribution in [0.3, 0.4) is 0 Å². The first-order valence-electron chi connectivity index (χ1n) is 11.8. The lowest BCUT2D eigenvalue weighted by molar-refractivity contribution is -0.136. The van der Waals surface area contributed by atoms with E-state index in [1.807, 2.05) is 4.90 Å². The fraction of sp³-hybridized carbons (Fsp3) is 0.739. The first-order chi connectivity index (χ1) is 15.0. The van der Waals surface area contributed by atoms with Crippen molar-refractivity contribution in [3.8, 4) is 0 Å². The molecule has 0 radical (unpaired) electrons. The standard InChI is InChI=1S/C23H35N5O3/c1-16-19-6-5-10-27(15-18-8-12-31-13-9-18)23(19)26-22(25-16)20-7-3-4-11-28(20)21(30)14-24-17(2)29/h18,20H,3-15H2,1-2H3,(H,24,29)/t20-/m0/s1. The Morgan fingerprint density at radius 1 is 1.10 bits per heavy atom. The predicted molar refractivity (Wildman–Crippen MR) is 118 cm³/mol. The fourth-order valence-electron chi connectivity index (χ4n) is 5.08. The van der Waals surface area contributed by atoms with Gasteiger partial charge in [-0.15, -0.1) is 0 Å². The topological polar surface area (TPSA) is 87.7 Å². The normalized spacial score (nSPS) is 22.2. The van der Waals surface area contributed by atoms with Crippen molar-refractivity contribution in [1.29, 1.82) is 0 Å². The molecule has 8 nitrogen and oxygen atoms in total. The molecule has 2 fully saturated rings. The lowest BCUT2D eigenvalue weighted by Crippen LogP contribution is -2.44. The number of rotatable bonds is 5. The van der Waals surface area contributed by atoms with Gasteiger partial charge in [-0.05, 0) is 57.8 Å². The van der Waals surface area contributed by atoms with E-state index in [-0.39, 0.29) is 24.4 Å². The number of carbonyl (C=O) groups excluding carboxylic acids is 2. The molecule has 2 saturated heterocycles. The highest BCUT2D eigenvalue weighted by Crippen LogP contribution is 2.34. The summed E-state index contributed by atoms with van der Waals surface area (Å²) in [7, 11) is 0. The van der Waals surface area contributed by atoms with Crippen LogP contribution in [0.4, 0.5) is 5.82 Å². The van der Waals surface area contributed by atoms with Crippen molar-refractivity contribution in [3.05, 3.63) is 17.1 Å². The molecule has 8 heteroatoms. The molecule has 1 N–H and O–H groups in total. The minimum Gasteiger partial charge on any atom is -0.381 e. The summed E-state index contributed by atoms with van der Waals surface area (Å²) in [6, 6.07) is -0.120. The van der Waals surface area contributed by atoms with Gasteiger partial charge in [-0.1, -0.05) is 0 Å². The van der Waals surface area contributed by atoms with E-state index in [0.29, 0.717) is 12.5 Å². The zero-order valence-corrected chi connectivity index (χ0v) is 18.9. The van der Waals surface area contributed by atoms with E-state index in [9.17, 15) is 9.59 Å². The Morgan fingerprint density at radius 3 is 2.68 bits per heavy atom. The van der Waals surface area contributed by atoms with Gasteiger partial charge in [-0.3, -0.25) is 9.59 Å². The van der Waals surface area contributed by atoms with Gasteiger partial charge in [0.25, 0.3) is 0 Å². The summed E-state index contributed by atoms with van der Waals surface area (Å²) in [5.41, 5.74) is 2.30. The number of ether oxygens (including phenoxy) is 1. The van der Waals surface area contributed by atoms with Crippen LogP contribution in [0.15, 0.2) is 0 Å². The number of piperidine rings is 1. The fourth-order valence-corrected chi connectivity index (χ4v) is 5.08. The quantitative estimate of drug-likeness (QED) is 0.772. The Hall–Kier alpha value is -2.22. The third kappa shape index (κ3) is 5.17. The Kier molecular flexibility index (Phi) is 7.05. The highest BCUT2D eigenvalue weighted by molar-refractivity contribution is 5.84. The molecule has 0 unspecified atom stereocenters. The molecule has 170 valence electrons. The summed E-state index contributed by atoms with van der Waals surface area (Å²) in [6.07, 6.45) is 7.26. The van der Waals surface area contributed by atoms with Crippen LogP contribution in [-0.2, 0) is 20.7 Å². The number of fused-ring (bicyclic) bond motifs is 1. The number of nitrogens with one attached hydrogen (secondary N) is 1. The second-order valence-corrected chi connectivity index (χ2v) is 9.08. The number of aryl methyl sites for hydroxylation is 1. The smallest absolute Gasteiger partial charge is 0.242 e. The van der Waals surface area contributed by atoms with Gasteiger partial charge in [0.1, 0.15) is 5.82 Å². The monoisotopic (exact) mass is 429 g/mol. The van der Waals surface area contributed by atoms with Gasteiger partial charge in [-0.2, -0.15) is 0 Å². The molecule has 3 aliphatic rings. The van der Waals surface area contributed by atoms with Crippen molar-refractivity contribution >= 4 is 17.6 Å². The van der Waals surface area contributed by atoms with Crippen LogP contribution >= 0.6 is 0 Å². The van der Waals surface area contributed by atoms with E-state index in [4.69, 9.17) is 14.7 Å². The van der Waals surface area contributed by atoms with Gasteiger partial charge in [0.15, 0.2) is 5.82 Å². The molecule has 3 aliphatic heterocycles. The van der Waals surface area contributed by atoms with E-state index >= 15 is 0 Å². The summed E-state index contributed by atoms with van der Waals surface area (Å²) in [5.74, 6) is 2.22. The first-order valence-corrected chi connectivity index (χ1v) is 11.8. The lowest BCUT2D eigenvalue weighted by Gasteiger charge is -2.38. The zero-order valence-electron chi connectivity index (χ0n) is 18.9. The number of carbonyl (C=O) groups is 2. The SMILES string of the molecule is CC(=O)NCC(=O)N1CCCC[C@H]1c1nc(C)c2c(n1)N(CC1CCOCC1)CCC2. The van der Waals surface area contributed by atoms with E-state index in [1.54, 1.807) is 0 Å². The number of hydrogen-bond acceptors (Lipinski definition) is 6. The summed E-state index contributed by atoms with van der Waals surface area (Å²) in [5, 5.41) is 2.64. The van der Waals surface area contributed by atoms with E-state index in [1.165, 1.54) is 12.5 Å². The maximum Gasteiger partial charge on any atom is 0.242 e. The lowest BCUT2D eigenvalue weighted by atomic mass is 9.96. The largest absolute Gasteiger partial charge is 0.381 e. The summed E-state index contributed by atoms with van der Waals surface area (Å²) >= 11 is 0. The second-order valence-electron chi connectivity index (χ2n) is 9.08. The number of likely N-dealkylation sites (tertiary alicyclic amines) is 1. The van der Waals surface area contributed by atoms with E-state index in [2.05, 4.69) is 17.1 Å². The predicted octanol–water partition coefficient (Wildman–Crippen LogP) is 2.15. The van der Waals surface area contributed by atoms with E-state index < -0.39 is 0 Å². The number of anilines is 1. The van der Waals surface area contributed by atoms with Gasteiger partial charge >= 0.3 is 0 Å². The molecule has 2 amide bonds. The molecule has 1 atom stereocenters. The minimum absolute atomic E-state index is 0.0334. The van der Waals surface area contributed by atoms with Crippen molar-refractivity contribution in [1.82, 2.24) is 20.2 Å². The number of hydrogen-bond donors (Lipinski definition) is 1. The average Bonchev–Trinajstić information content (AvgIpc) is 2.78. The highest BCUT2D eigenvalue weighted by atomic mass is 16.5. The minimum atomic E-state index is -0.188. The van der Waals surface area contributed by atoms with Crippen LogP contribution in [0.25, 0.3) is 0 Å². The molecule has 4 heterocycles. The summed E-state index contributed by atoms with van der Waals surface area (Å²) in [6.45, 7) is 7.98. The van der Waals surface area contributed by atoms with Crippen LogP contribution < -0.4 is 10.2 Å². The van der Waals surface area contributed by atoms with Crippen LogP contribution in [0, 0.1) is 12.8 Å². The average molecular weight is 430 g/mol. The highest BCUT2D eigenvalue weighted by Gasteiger charge is 2.32. The van der Waals surface area contributed by atoms with Crippen molar-refractivity contribution in [2.45, 2.75) is 64.8 Å². The maximum atomic E-state index is 12.8. The van der Waals surface area contributed by atoms with Crippen LogP contribution in [0.1, 0.15) is 68.6 Å². The third-order valence-electron chi connectivity index (χ3n) is 6.79. The third-order valence-corrected chi connectivity index (χ3v) is 6.79. The van der Waals surface area contributed by atoms with Crippen molar-refractivity contribution in [2.75, 3.05) is 44.3 Å². The molecule has 31 heavy (non-hydrogen) atoms. The second kappa shape index (κ2) is 9.94. The molecular weight excluding hydrogens is 394 g/mol.